The molecule has 0 aliphatic carbocycles. The smallest absolute Gasteiger partial charge is 0.358 e. The molecule has 0 unspecified atom stereocenters. The van der Waals surface area contributed by atoms with Gasteiger partial charge in [0, 0.05) is 38.7 Å². The molecule has 0 bridgehead atoms. The quantitative estimate of drug-likeness (QED) is 0.748. The standard InChI is InChI=1S/C18H19F3N4O3S/c19-18(20,21)15-6-9-22-16(23-15)24-10-7-17(8-11-24)25(12-13-28-17)29(26,27)14-4-2-1-3-5-14/h1-6,9H,7-8,10-13H2. The molecule has 29 heavy (non-hydrogen) atoms. The van der Waals surface area contributed by atoms with Gasteiger partial charge < -0.3 is 9.64 Å². The summed E-state index contributed by atoms with van der Waals surface area (Å²) in [5.74, 6) is -0.0230. The van der Waals surface area contributed by atoms with Crippen molar-refractivity contribution in [1.82, 2.24) is 14.3 Å². The number of anilines is 1. The minimum atomic E-state index is -4.55. The van der Waals surface area contributed by atoms with E-state index in [2.05, 4.69) is 9.97 Å². The fourth-order valence-electron chi connectivity index (χ4n) is 3.76. The summed E-state index contributed by atoms with van der Waals surface area (Å²) in [6.45, 7) is 1.06. The van der Waals surface area contributed by atoms with Crippen LogP contribution in [0.3, 0.4) is 0 Å². The molecule has 1 aromatic heterocycles. The molecule has 2 aromatic rings. The average molecular weight is 428 g/mol. The number of aromatic nitrogens is 2. The highest BCUT2D eigenvalue weighted by Gasteiger charge is 2.50. The Kier molecular flexibility index (Phi) is 4.99. The maximum absolute atomic E-state index is 13.1. The maximum Gasteiger partial charge on any atom is 0.433 e. The molecule has 2 fully saturated rings. The summed E-state index contributed by atoms with van der Waals surface area (Å²) >= 11 is 0. The number of nitrogens with zero attached hydrogens (tertiary/aromatic N) is 4. The van der Waals surface area contributed by atoms with E-state index in [1.54, 1.807) is 23.1 Å². The number of benzene rings is 1. The van der Waals surface area contributed by atoms with Gasteiger partial charge in [-0.1, -0.05) is 18.2 Å². The van der Waals surface area contributed by atoms with E-state index >= 15 is 0 Å². The second kappa shape index (κ2) is 7.22. The normalized spacial score (nSPS) is 20.3. The molecule has 2 aliphatic rings. The van der Waals surface area contributed by atoms with Crippen molar-refractivity contribution in [2.45, 2.75) is 29.6 Å². The number of ether oxygens (including phenoxy) is 1. The first-order chi connectivity index (χ1) is 13.7. The van der Waals surface area contributed by atoms with Gasteiger partial charge in [-0.15, -0.1) is 0 Å². The van der Waals surface area contributed by atoms with Gasteiger partial charge in [0.05, 0.1) is 11.5 Å². The Morgan fingerprint density at radius 2 is 1.72 bits per heavy atom. The maximum atomic E-state index is 13.1. The first kappa shape index (κ1) is 20.0. The third kappa shape index (κ3) is 3.69. The third-order valence-corrected chi connectivity index (χ3v) is 7.18. The molecule has 0 saturated carbocycles. The largest absolute Gasteiger partial charge is 0.433 e. The number of sulfonamides is 1. The molecule has 4 rings (SSSR count). The molecule has 0 N–H and O–H groups in total. The summed E-state index contributed by atoms with van der Waals surface area (Å²) in [7, 11) is -3.75. The van der Waals surface area contributed by atoms with E-state index in [9.17, 15) is 21.6 Å². The summed E-state index contributed by atoms with van der Waals surface area (Å²) in [5, 5.41) is 0. The van der Waals surface area contributed by atoms with Crippen LogP contribution in [0.1, 0.15) is 18.5 Å². The lowest BCUT2D eigenvalue weighted by atomic mass is 10.0. The highest BCUT2D eigenvalue weighted by molar-refractivity contribution is 7.89. The van der Waals surface area contributed by atoms with Crippen molar-refractivity contribution in [3.63, 3.8) is 0 Å². The number of halogens is 3. The van der Waals surface area contributed by atoms with Crippen LogP contribution in [0.4, 0.5) is 19.1 Å². The van der Waals surface area contributed by atoms with Gasteiger partial charge in [-0.3, -0.25) is 0 Å². The molecule has 7 nitrogen and oxygen atoms in total. The van der Waals surface area contributed by atoms with Gasteiger partial charge in [0.25, 0.3) is 0 Å². The second-order valence-corrected chi connectivity index (χ2v) is 8.77. The lowest BCUT2D eigenvalue weighted by Crippen LogP contribution is -2.55. The molecular weight excluding hydrogens is 409 g/mol. The number of alkyl halides is 3. The van der Waals surface area contributed by atoms with Gasteiger partial charge in [-0.05, 0) is 18.2 Å². The molecule has 0 amide bonds. The van der Waals surface area contributed by atoms with Crippen molar-refractivity contribution in [2.24, 2.45) is 0 Å². The molecule has 3 heterocycles. The molecule has 0 radical (unpaired) electrons. The van der Waals surface area contributed by atoms with Crippen molar-refractivity contribution < 1.29 is 26.3 Å². The molecule has 1 spiro atoms. The number of hydrogen-bond acceptors (Lipinski definition) is 6. The molecular formula is C18H19F3N4O3S. The van der Waals surface area contributed by atoms with Crippen molar-refractivity contribution in [3.8, 4) is 0 Å². The summed E-state index contributed by atoms with van der Waals surface area (Å²) in [5.41, 5.74) is -2.01. The highest BCUT2D eigenvalue weighted by Crippen LogP contribution is 2.39. The second-order valence-electron chi connectivity index (χ2n) is 6.91. The van der Waals surface area contributed by atoms with E-state index < -0.39 is 27.6 Å². The molecule has 156 valence electrons. The van der Waals surface area contributed by atoms with Crippen LogP contribution in [0.2, 0.25) is 0 Å². The van der Waals surface area contributed by atoms with Crippen molar-refractivity contribution >= 4 is 16.0 Å². The number of hydrogen-bond donors (Lipinski definition) is 0. The van der Waals surface area contributed by atoms with Crippen LogP contribution in [0, 0.1) is 0 Å². The van der Waals surface area contributed by atoms with E-state index in [1.165, 1.54) is 16.4 Å². The first-order valence-corrected chi connectivity index (χ1v) is 10.5. The van der Waals surface area contributed by atoms with Gasteiger partial charge in [0.15, 0.2) is 0 Å². The number of piperidine rings is 1. The van der Waals surface area contributed by atoms with E-state index in [4.69, 9.17) is 4.74 Å². The Morgan fingerprint density at radius 1 is 1.03 bits per heavy atom. The first-order valence-electron chi connectivity index (χ1n) is 9.09. The van der Waals surface area contributed by atoms with Crippen LogP contribution < -0.4 is 4.90 Å². The van der Waals surface area contributed by atoms with Gasteiger partial charge in [-0.25, -0.2) is 18.4 Å². The van der Waals surface area contributed by atoms with Crippen LogP contribution in [0.5, 0.6) is 0 Å². The third-order valence-electron chi connectivity index (χ3n) is 5.21. The lowest BCUT2D eigenvalue weighted by molar-refractivity contribution is -0.141. The monoisotopic (exact) mass is 428 g/mol. The predicted molar refractivity (Wildman–Crippen MR) is 97.5 cm³/mol. The zero-order chi connectivity index (χ0) is 20.7. The Morgan fingerprint density at radius 3 is 2.38 bits per heavy atom. The SMILES string of the molecule is O=S(=O)(c1ccccc1)N1CCOC12CCN(c1nccc(C(F)(F)F)n1)CC2. The van der Waals surface area contributed by atoms with Crippen LogP contribution in [0.25, 0.3) is 0 Å². The van der Waals surface area contributed by atoms with Crippen LogP contribution in [-0.2, 0) is 20.9 Å². The van der Waals surface area contributed by atoms with Crippen LogP contribution >= 0.6 is 0 Å². The van der Waals surface area contributed by atoms with Gasteiger partial charge in [-0.2, -0.15) is 17.5 Å². The summed E-state index contributed by atoms with van der Waals surface area (Å²) < 4.78 is 72.2. The molecule has 2 saturated heterocycles. The van der Waals surface area contributed by atoms with Crippen LogP contribution in [0.15, 0.2) is 47.5 Å². The zero-order valence-corrected chi connectivity index (χ0v) is 16.2. The minimum Gasteiger partial charge on any atom is -0.358 e. The fourth-order valence-corrected chi connectivity index (χ4v) is 5.51. The summed E-state index contributed by atoms with van der Waals surface area (Å²) in [6, 6.07) is 8.94. The molecule has 2 aliphatic heterocycles. The van der Waals surface area contributed by atoms with Crippen molar-refractivity contribution in [3.05, 3.63) is 48.3 Å². The van der Waals surface area contributed by atoms with E-state index in [0.717, 1.165) is 12.3 Å². The minimum absolute atomic E-state index is 0.0230. The summed E-state index contributed by atoms with van der Waals surface area (Å²) in [4.78, 5) is 9.37. The molecule has 11 heteroatoms. The van der Waals surface area contributed by atoms with Crippen LogP contribution in [-0.4, -0.2) is 54.7 Å². The molecule has 0 atom stereocenters. The van der Waals surface area contributed by atoms with E-state index in [-0.39, 0.29) is 37.1 Å². The molecule has 1 aromatic carbocycles. The van der Waals surface area contributed by atoms with Gasteiger partial charge >= 0.3 is 6.18 Å². The lowest BCUT2D eigenvalue weighted by Gasteiger charge is -2.42. The Balaban J connectivity index is 1.54. The fraction of sp³-hybridized carbons (Fsp3) is 0.444. The van der Waals surface area contributed by atoms with E-state index in [0.29, 0.717) is 12.8 Å². The Labute approximate surface area is 166 Å². The zero-order valence-electron chi connectivity index (χ0n) is 15.3. The topological polar surface area (TPSA) is 75.6 Å². The highest BCUT2D eigenvalue weighted by atomic mass is 32.2. The van der Waals surface area contributed by atoms with Gasteiger partial charge in [0.2, 0.25) is 16.0 Å². The van der Waals surface area contributed by atoms with Gasteiger partial charge in [0.1, 0.15) is 11.4 Å². The van der Waals surface area contributed by atoms with Crippen molar-refractivity contribution in [1.29, 1.82) is 0 Å². The summed E-state index contributed by atoms with van der Waals surface area (Å²) in [6.07, 6.45) is -2.87. The number of rotatable bonds is 3. The van der Waals surface area contributed by atoms with Crippen molar-refractivity contribution in [2.75, 3.05) is 31.1 Å². The predicted octanol–water partition coefficient (Wildman–Crippen LogP) is 2.51. The Bertz CT molecular complexity index is 977. The van der Waals surface area contributed by atoms with E-state index in [1.807, 2.05) is 0 Å². The Hall–Kier alpha value is -2.24. The average Bonchev–Trinajstić information content (AvgIpc) is 3.12.